The summed E-state index contributed by atoms with van der Waals surface area (Å²) in [6.45, 7) is 9.51. The van der Waals surface area contributed by atoms with Crippen LogP contribution in [0.3, 0.4) is 0 Å². The molecule has 0 fully saturated rings. The van der Waals surface area contributed by atoms with E-state index in [0.29, 0.717) is 18.0 Å². The molecule has 21 heavy (non-hydrogen) atoms. The molecule has 0 aromatic heterocycles. The largest absolute Gasteiger partial charge is 0.328 e. The van der Waals surface area contributed by atoms with Crippen LogP contribution in [0.15, 0.2) is 28.7 Å². The fraction of sp³-hybridized carbons (Fsp3) is 0.438. The molecule has 0 saturated carbocycles. The van der Waals surface area contributed by atoms with Crippen LogP contribution in [-0.2, 0) is 4.79 Å². The lowest BCUT2D eigenvalue weighted by molar-refractivity contribution is -0.123. The molecule has 0 spiro atoms. The second kappa shape index (κ2) is 8.17. The van der Waals surface area contributed by atoms with Crippen LogP contribution in [0, 0.1) is 18.8 Å². The fourth-order valence-electron chi connectivity index (χ4n) is 1.92. The summed E-state index contributed by atoms with van der Waals surface area (Å²) in [6.07, 6.45) is 0.604. The number of anilines is 1. The molecule has 1 unspecified atom stereocenters. The molecule has 0 aliphatic rings. The number of Topliss-reactive ketones (excluding diaryl/α,β-unsaturated/α-hetero) is 1. The Balaban J connectivity index is 2.67. The number of urea groups is 1. The number of rotatable bonds is 6. The predicted octanol–water partition coefficient (Wildman–Crippen LogP) is 4.02. The van der Waals surface area contributed by atoms with Crippen LogP contribution in [0.25, 0.3) is 0 Å². The highest BCUT2D eigenvalue weighted by Gasteiger charge is 2.24. The first-order valence-electron chi connectivity index (χ1n) is 6.99. The predicted molar refractivity (Wildman–Crippen MR) is 89.1 cm³/mol. The summed E-state index contributed by atoms with van der Waals surface area (Å²) in [4.78, 5) is 24.1. The van der Waals surface area contributed by atoms with Gasteiger partial charge in [-0.05, 0) is 43.5 Å². The Morgan fingerprint density at radius 1 is 1.19 bits per heavy atom. The maximum absolute atomic E-state index is 12.1. The highest BCUT2D eigenvalue weighted by Crippen LogP contribution is 2.14. The molecule has 4 nitrogen and oxygen atoms in total. The Bertz CT molecular complexity index is 484. The maximum atomic E-state index is 12.1. The van der Waals surface area contributed by atoms with Crippen molar-refractivity contribution in [1.29, 1.82) is 0 Å². The lowest BCUT2D eigenvalue weighted by Crippen LogP contribution is -2.45. The number of hydrogen-bond donors (Lipinski definition) is 2. The lowest BCUT2D eigenvalue weighted by atomic mass is 9.94. The molecule has 2 N–H and O–H groups in total. The van der Waals surface area contributed by atoms with Crippen molar-refractivity contribution in [1.82, 2.24) is 5.32 Å². The van der Waals surface area contributed by atoms with Gasteiger partial charge in [0.1, 0.15) is 0 Å². The van der Waals surface area contributed by atoms with Crippen molar-refractivity contribution in [2.24, 2.45) is 11.8 Å². The van der Waals surface area contributed by atoms with Crippen molar-refractivity contribution in [3.05, 3.63) is 35.7 Å². The van der Waals surface area contributed by atoms with Gasteiger partial charge < -0.3 is 10.6 Å². The summed E-state index contributed by atoms with van der Waals surface area (Å²) in [5.41, 5.74) is 0.675. The first-order valence-corrected chi connectivity index (χ1v) is 7.78. The summed E-state index contributed by atoms with van der Waals surface area (Å²) in [6, 6.07) is 6.36. The molecule has 1 rings (SSSR count). The number of halogens is 1. The molecular formula is C16H22BrN2O2. The SMILES string of the molecule is [CH2]C(C)C(=O)[C@H](CC(C)C)NC(=O)Nc1ccc(Br)cc1. The van der Waals surface area contributed by atoms with Crippen LogP contribution in [0.5, 0.6) is 0 Å². The highest BCUT2D eigenvalue weighted by molar-refractivity contribution is 9.10. The summed E-state index contributed by atoms with van der Waals surface area (Å²) in [5.74, 6) is -0.0814. The molecule has 1 aromatic rings. The van der Waals surface area contributed by atoms with Gasteiger partial charge in [0.2, 0.25) is 0 Å². The number of carbonyl (C=O) groups excluding carboxylic acids is 2. The number of carbonyl (C=O) groups is 2. The van der Waals surface area contributed by atoms with E-state index in [1.165, 1.54) is 0 Å². The molecule has 0 saturated heterocycles. The van der Waals surface area contributed by atoms with Gasteiger partial charge in [-0.1, -0.05) is 36.7 Å². The Morgan fingerprint density at radius 2 is 1.76 bits per heavy atom. The van der Waals surface area contributed by atoms with E-state index in [0.717, 1.165) is 4.47 Å². The minimum absolute atomic E-state index is 0.0466. The van der Waals surface area contributed by atoms with E-state index >= 15 is 0 Å². The molecule has 2 amide bonds. The normalized spacial score (nSPS) is 12.3. The van der Waals surface area contributed by atoms with Crippen LogP contribution in [0.2, 0.25) is 0 Å². The Labute approximate surface area is 134 Å². The average molecular weight is 354 g/mol. The minimum atomic E-state index is -0.507. The third-order valence-electron chi connectivity index (χ3n) is 2.94. The third-order valence-corrected chi connectivity index (χ3v) is 3.47. The zero-order chi connectivity index (χ0) is 16.0. The van der Waals surface area contributed by atoms with Gasteiger partial charge in [-0.3, -0.25) is 4.79 Å². The van der Waals surface area contributed by atoms with Gasteiger partial charge >= 0.3 is 6.03 Å². The van der Waals surface area contributed by atoms with Crippen LogP contribution < -0.4 is 10.6 Å². The molecule has 0 aliphatic heterocycles. The molecule has 115 valence electrons. The molecule has 0 aliphatic carbocycles. The molecular weight excluding hydrogens is 332 g/mol. The van der Waals surface area contributed by atoms with Gasteiger partial charge in [0.25, 0.3) is 0 Å². The van der Waals surface area contributed by atoms with Gasteiger partial charge in [0, 0.05) is 16.1 Å². The quantitative estimate of drug-likeness (QED) is 0.811. The minimum Gasteiger partial charge on any atom is -0.328 e. The smallest absolute Gasteiger partial charge is 0.319 e. The van der Waals surface area contributed by atoms with Crippen molar-refractivity contribution in [2.75, 3.05) is 5.32 Å². The fourth-order valence-corrected chi connectivity index (χ4v) is 2.18. The van der Waals surface area contributed by atoms with Crippen molar-refractivity contribution < 1.29 is 9.59 Å². The van der Waals surface area contributed by atoms with E-state index in [1.807, 2.05) is 26.0 Å². The third kappa shape index (κ3) is 6.29. The van der Waals surface area contributed by atoms with Gasteiger partial charge in [-0.15, -0.1) is 0 Å². The van der Waals surface area contributed by atoms with E-state index in [1.54, 1.807) is 19.1 Å². The first-order chi connectivity index (χ1) is 9.79. The van der Waals surface area contributed by atoms with Crippen molar-refractivity contribution in [3.8, 4) is 0 Å². The van der Waals surface area contributed by atoms with Gasteiger partial charge in [0.05, 0.1) is 6.04 Å². The van der Waals surface area contributed by atoms with Crippen LogP contribution >= 0.6 is 15.9 Å². The van der Waals surface area contributed by atoms with E-state index in [-0.39, 0.29) is 17.7 Å². The molecule has 5 heteroatoms. The number of amides is 2. The van der Waals surface area contributed by atoms with E-state index in [9.17, 15) is 9.59 Å². The van der Waals surface area contributed by atoms with Crippen LogP contribution in [0.4, 0.5) is 10.5 Å². The number of benzene rings is 1. The van der Waals surface area contributed by atoms with Crippen molar-refractivity contribution in [2.45, 2.75) is 33.2 Å². The Hall–Kier alpha value is -1.36. The average Bonchev–Trinajstić information content (AvgIpc) is 2.39. The number of ketones is 1. The molecule has 1 radical (unpaired) electrons. The second-order valence-electron chi connectivity index (χ2n) is 5.59. The van der Waals surface area contributed by atoms with Crippen LogP contribution in [-0.4, -0.2) is 17.9 Å². The van der Waals surface area contributed by atoms with Crippen molar-refractivity contribution in [3.63, 3.8) is 0 Å². The molecule has 0 heterocycles. The number of hydrogen-bond acceptors (Lipinski definition) is 2. The van der Waals surface area contributed by atoms with E-state index in [2.05, 4.69) is 33.5 Å². The maximum Gasteiger partial charge on any atom is 0.319 e. The van der Waals surface area contributed by atoms with E-state index < -0.39 is 6.04 Å². The zero-order valence-electron chi connectivity index (χ0n) is 12.7. The molecule has 1 aromatic carbocycles. The van der Waals surface area contributed by atoms with Crippen LogP contribution in [0.1, 0.15) is 27.2 Å². The molecule has 2 atom stereocenters. The molecule has 0 bridgehead atoms. The highest BCUT2D eigenvalue weighted by atomic mass is 79.9. The Morgan fingerprint density at radius 3 is 2.24 bits per heavy atom. The van der Waals surface area contributed by atoms with Gasteiger partial charge in [-0.2, -0.15) is 0 Å². The zero-order valence-corrected chi connectivity index (χ0v) is 14.2. The van der Waals surface area contributed by atoms with Crippen molar-refractivity contribution >= 4 is 33.4 Å². The summed E-state index contributed by atoms with van der Waals surface area (Å²) in [5, 5.41) is 5.46. The number of nitrogens with one attached hydrogen (secondary N) is 2. The summed E-state index contributed by atoms with van der Waals surface area (Å²) < 4.78 is 0.937. The Kier molecular flexibility index (Phi) is 6.89. The second-order valence-corrected chi connectivity index (χ2v) is 6.51. The standard InChI is InChI=1S/C16H22BrN2O2/c1-10(2)9-14(15(20)11(3)4)19-16(21)18-13-7-5-12(17)6-8-13/h5-8,10-11,14H,3,9H2,1-2,4H3,(H2,18,19,21)/t11?,14-/m0/s1. The first kappa shape index (κ1) is 17.7. The van der Waals surface area contributed by atoms with Gasteiger partial charge in [-0.25, -0.2) is 4.79 Å². The lowest BCUT2D eigenvalue weighted by Gasteiger charge is -2.21. The van der Waals surface area contributed by atoms with Gasteiger partial charge in [0.15, 0.2) is 5.78 Å². The monoisotopic (exact) mass is 353 g/mol. The van der Waals surface area contributed by atoms with E-state index in [4.69, 9.17) is 0 Å². The summed E-state index contributed by atoms with van der Waals surface area (Å²) >= 11 is 3.33. The summed E-state index contributed by atoms with van der Waals surface area (Å²) in [7, 11) is 0. The topological polar surface area (TPSA) is 58.2 Å².